The van der Waals surface area contributed by atoms with Crippen molar-refractivity contribution in [3.8, 4) is 5.75 Å². The maximum atomic E-state index is 9.22. The van der Waals surface area contributed by atoms with Gasteiger partial charge in [-0.2, -0.15) is 5.10 Å². The molecule has 56 valence electrons. The summed E-state index contributed by atoms with van der Waals surface area (Å²) in [7, 11) is 0. The summed E-state index contributed by atoms with van der Waals surface area (Å²) in [5.74, 6) is 0.184. The summed E-state index contributed by atoms with van der Waals surface area (Å²) in [5.41, 5.74) is 1.27. The lowest BCUT2D eigenvalue weighted by Gasteiger charge is -1.97. The molecular weight excluding hydrogens is 142 g/mol. The third-order valence-electron chi connectivity index (χ3n) is 1.54. The molecule has 0 saturated carbocycles. The van der Waals surface area contributed by atoms with Gasteiger partial charge in [0.15, 0.2) is 5.65 Å². The van der Waals surface area contributed by atoms with E-state index in [2.05, 4.69) is 10.1 Å². The SMILES string of the molecule is Cc1nn2ccnc2cc1O. The molecule has 0 aliphatic heterocycles. The van der Waals surface area contributed by atoms with Crippen molar-refractivity contribution in [2.75, 3.05) is 0 Å². The fraction of sp³-hybridized carbons (Fsp3) is 0.143. The van der Waals surface area contributed by atoms with Gasteiger partial charge in [-0.25, -0.2) is 9.50 Å². The van der Waals surface area contributed by atoms with E-state index in [1.807, 2.05) is 0 Å². The van der Waals surface area contributed by atoms with E-state index in [4.69, 9.17) is 0 Å². The first-order valence-electron chi connectivity index (χ1n) is 3.27. The Morgan fingerprint density at radius 1 is 1.55 bits per heavy atom. The van der Waals surface area contributed by atoms with Gasteiger partial charge in [-0.1, -0.05) is 0 Å². The molecule has 0 spiro atoms. The van der Waals surface area contributed by atoms with Gasteiger partial charge in [-0.3, -0.25) is 0 Å². The topological polar surface area (TPSA) is 50.4 Å². The second-order valence-corrected chi connectivity index (χ2v) is 2.34. The van der Waals surface area contributed by atoms with Crippen molar-refractivity contribution in [1.29, 1.82) is 0 Å². The van der Waals surface area contributed by atoms with Crippen molar-refractivity contribution >= 4 is 5.65 Å². The summed E-state index contributed by atoms with van der Waals surface area (Å²) in [6.07, 6.45) is 3.38. The van der Waals surface area contributed by atoms with Gasteiger partial charge in [0, 0.05) is 18.5 Å². The van der Waals surface area contributed by atoms with Gasteiger partial charge in [-0.15, -0.1) is 0 Å². The van der Waals surface area contributed by atoms with E-state index in [9.17, 15) is 5.11 Å². The Labute approximate surface area is 63.1 Å². The van der Waals surface area contributed by atoms with Crippen molar-refractivity contribution in [3.05, 3.63) is 24.2 Å². The second kappa shape index (κ2) is 1.95. The zero-order chi connectivity index (χ0) is 7.84. The first kappa shape index (κ1) is 6.15. The molecule has 0 unspecified atom stereocenters. The van der Waals surface area contributed by atoms with Gasteiger partial charge < -0.3 is 5.11 Å². The van der Waals surface area contributed by atoms with Crippen molar-refractivity contribution in [2.24, 2.45) is 0 Å². The Kier molecular flexibility index (Phi) is 1.09. The van der Waals surface area contributed by atoms with Crippen LogP contribution >= 0.6 is 0 Å². The Morgan fingerprint density at radius 3 is 3.18 bits per heavy atom. The van der Waals surface area contributed by atoms with Crippen LogP contribution in [0.3, 0.4) is 0 Å². The molecule has 11 heavy (non-hydrogen) atoms. The smallest absolute Gasteiger partial charge is 0.157 e. The molecule has 0 radical (unpaired) electrons. The van der Waals surface area contributed by atoms with Crippen LogP contribution in [0.1, 0.15) is 5.69 Å². The van der Waals surface area contributed by atoms with Crippen molar-refractivity contribution in [3.63, 3.8) is 0 Å². The molecule has 0 aliphatic rings. The van der Waals surface area contributed by atoms with Crippen LogP contribution in [0, 0.1) is 6.92 Å². The number of hydrogen-bond donors (Lipinski definition) is 1. The third kappa shape index (κ3) is 0.832. The fourth-order valence-electron chi connectivity index (χ4n) is 0.936. The summed E-state index contributed by atoms with van der Waals surface area (Å²) in [6, 6.07) is 1.59. The minimum atomic E-state index is 0.184. The Balaban J connectivity index is 2.86. The van der Waals surface area contributed by atoms with Gasteiger partial charge in [0.05, 0.1) is 0 Å². The molecule has 4 nitrogen and oxygen atoms in total. The van der Waals surface area contributed by atoms with Crippen molar-refractivity contribution in [1.82, 2.24) is 14.6 Å². The molecule has 2 rings (SSSR count). The average Bonchev–Trinajstić information content (AvgIpc) is 2.36. The van der Waals surface area contributed by atoms with Crippen molar-refractivity contribution in [2.45, 2.75) is 6.92 Å². The lowest BCUT2D eigenvalue weighted by molar-refractivity contribution is 0.465. The van der Waals surface area contributed by atoms with Crippen molar-refractivity contribution < 1.29 is 5.11 Å². The minimum Gasteiger partial charge on any atom is -0.506 e. The monoisotopic (exact) mass is 149 g/mol. The van der Waals surface area contributed by atoms with Crippen LogP contribution in [0.5, 0.6) is 5.75 Å². The summed E-state index contributed by atoms with van der Waals surface area (Å²) in [6.45, 7) is 1.74. The van der Waals surface area contributed by atoms with Gasteiger partial charge in [0.1, 0.15) is 11.4 Å². The maximum Gasteiger partial charge on any atom is 0.157 e. The molecule has 0 saturated heterocycles. The second-order valence-electron chi connectivity index (χ2n) is 2.34. The molecule has 0 aliphatic carbocycles. The van der Waals surface area contributed by atoms with E-state index in [1.165, 1.54) is 0 Å². The van der Waals surface area contributed by atoms with E-state index in [1.54, 1.807) is 29.9 Å². The maximum absolute atomic E-state index is 9.22. The van der Waals surface area contributed by atoms with Gasteiger partial charge in [0.2, 0.25) is 0 Å². The highest BCUT2D eigenvalue weighted by Gasteiger charge is 1.99. The minimum absolute atomic E-state index is 0.184. The highest BCUT2D eigenvalue weighted by molar-refractivity contribution is 5.43. The Hall–Kier alpha value is -1.58. The number of aromatic nitrogens is 3. The molecule has 0 bridgehead atoms. The zero-order valence-electron chi connectivity index (χ0n) is 6.02. The van der Waals surface area contributed by atoms with Crippen LogP contribution in [-0.2, 0) is 0 Å². The first-order valence-corrected chi connectivity index (χ1v) is 3.27. The van der Waals surface area contributed by atoms with Gasteiger partial charge >= 0.3 is 0 Å². The standard InChI is InChI=1S/C7H7N3O/c1-5-6(11)4-7-8-2-3-10(7)9-5/h2-4,11H,1H3. The van der Waals surface area contributed by atoms with E-state index in [0.717, 1.165) is 0 Å². The number of aryl methyl sites for hydroxylation is 1. The predicted molar refractivity (Wildman–Crippen MR) is 39.4 cm³/mol. The van der Waals surface area contributed by atoms with Crippen LogP contribution in [0.4, 0.5) is 0 Å². The number of hydrogen-bond acceptors (Lipinski definition) is 3. The van der Waals surface area contributed by atoms with Gasteiger partial charge in [-0.05, 0) is 6.92 Å². The van der Waals surface area contributed by atoms with Gasteiger partial charge in [0.25, 0.3) is 0 Å². The van der Waals surface area contributed by atoms with Crippen LogP contribution in [0.25, 0.3) is 5.65 Å². The molecule has 0 atom stereocenters. The Bertz CT molecular complexity index is 357. The lowest BCUT2D eigenvalue weighted by atomic mass is 10.4. The molecule has 0 aromatic carbocycles. The number of nitrogens with zero attached hydrogens (tertiary/aromatic N) is 3. The molecule has 0 amide bonds. The molecular formula is C7H7N3O. The molecule has 1 N–H and O–H groups in total. The Morgan fingerprint density at radius 2 is 2.36 bits per heavy atom. The summed E-state index contributed by atoms with van der Waals surface area (Å²) < 4.78 is 1.62. The van der Waals surface area contributed by atoms with E-state index >= 15 is 0 Å². The predicted octanol–water partition coefficient (Wildman–Crippen LogP) is 0.743. The number of fused-ring (bicyclic) bond motifs is 1. The normalized spacial score (nSPS) is 10.6. The third-order valence-corrected chi connectivity index (χ3v) is 1.54. The van der Waals surface area contributed by atoms with Crippen LogP contribution in [-0.4, -0.2) is 19.7 Å². The van der Waals surface area contributed by atoms with Crippen LogP contribution in [0.2, 0.25) is 0 Å². The van der Waals surface area contributed by atoms with E-state index < -0.39 is 0 Å². The molecule has 2 aromatic rings. The summed E-state index contributed by atoms with van der Waals surface area (Å²) in [5, 5.41) is 13.3. The highest BCUT2D eigenvalue weighted by Crippen LogP contribution is 2.13. The van der Waals surface area contributed by atoms with E-state index in [-0.39, 0.29) is 5.75 Å². The highest BCUT2D eigenvalue weighted by atomic mass is 16.3. The lowest BCUT2D eigenvalue weighted by Crippen LogP contribution is -1.92. The largest absolute Gasteiger partial charge is 0.506 e. The number of rotatable bonds is 0. The number of aromatic hydroxyl groups is 1. The summed E-state index contributed by atoms with van der Waals surface area (Å²) >= 11 is 0. The summed E-state index contributed by atoms with van der Waals surface area (Å²) in [4.78, 5) is 3.96. The van der Waals surface area contributed by atoms with Crippen LogP contribution in [0.15, 0.2) is 18.5 Å². The zero-order valence-corrected chi connectivity index (χ0v) is 6.02. The molecule has 2 heterocycles. The fourth-order valence-corrected chi connectivity index (χ4v) is 0.936. The average molecular weight is 149 g/mol. The first-order chi connectivity index (χ1) is 5.27. The number of imidazole rings is 1. The molecule has 0 fully saturated rings. The molecule has 4 heteroatoms. The quantitative estimate of drug-likeness (QED) is 0.601. The van der Waals surface area contributed by atoms with E-state index in [0.29, 0.717) is 11.3 Å². The molecule has 2 aromatic heterocycles. The van der Waals surface area contributed by atoms with Crippen LogP contribution < -0.4 is 0 Å².